The smallest absolute Gasteiger partial charge is 0.261 e. The number of carbonyl (C=O) groups is 2. The lowest BCUT2D eigenvalue weighted by Gasteiger charge is -2.31. The molecule has 4 rings (SSSR count). The first-order valence-electron chi connectivity index (χ1n) is 12.2. The summed E-state index contributed by atoms with van der Waals surface area (Å²) in [4.78, 5) is 28.5. The van der Waals surface area contributed by atoms with Crippen LogP contribution in [-0.2, 0) is 27.3 Å². The van der Waals surface area contributed by atoms with E-state index in [1.54, 1.807) is 24.3 Å². The minimum Gasteiger partial charge on any atom is -0.484 e. The van der Waals surface area contributed by atoms with Gasteiger partial charge in [-0.25, -0.2) is 4.39 Å². The van der Waals surface area contributed by atoms with Gasteiger partial charge in [-0.3, -0.25) is 9.59 Å². The number of carbonyl (C=O) groups excluding carboxylic acids is 2. The fourth-order valence-corrected chi connectivity index (χ4v) is 4.22. The lowest BCUT2D eigenvalue weighted by atomic mass is 10.0. The van der Waals surface area contributed by atoms with Gasteiger partial charge in [0.1, 0.15) is 17.6 Å². The van der Waals surface area contributed by atoms with E-state index < -0.39 is 6.04 Å². The topological polar surface area (TPSA) is 67.9 Å². The van der Waals surface area contributed by atoms with Crippen molar-refractivity contribution in [2.24, 2.45) is 0 Å². The SMILES string of the molecule is O=C(NC[C@@H]1CCCO1)[C@@H](Cc1ccccc1)N(Cc1ccc(F)cc1)C(=O)COc1ccccc1. The zero-order valence-corrected chi connectivity index (χ0v) is 20.1. The first-order valence-corrected chi connectivity index (χ1v) is 12.2. The summed E-state index contributed by atoms with van der Waals surface area (Å²) in [5.41, 5.74) is 1.64. The Morgan fingerprint density at radius 3 is 2.33 bits per heavy atom. The molecule has 6 nitrogen and oxygen atoms in total. The average molecular weight is 491 g/mol. The van der Waals surface area contributed by atoms with E-state index in [1.807, 2.05) is 48.5 Å². The van der Waals surface area contributed by atoms with Crippen molar-refractivity contribution in [2.75, 3.05) is 19.8 Å². The van der Waals surface area contributed by atoms with Crippen LogP contribution in [0.3, 0.4) is 0 Å². The first kappa shape index (κ1) is 25.4. The van der Waals surface area contributed by atoms with E-state index in [0.29, 0.717) is 25.3 Å². The molecule has 1 N–H and O–H groups in total. The standard InChI is InChI=1S/C29H31FN2O4/c30-24-15-13-23(14-16-24)20-32(28(33)21-36-25-10-5-2-6-11-25)27(18-22-8-3-1-4-9-22)29(34)31-19-26-12-7-17-35-26/h1-6,8-11,13-16,26-27H,7,12,17-21H2,(H,31,34)/t26-,27+/m0/s1. The molecule has 0 aromatic heterocycles. The molecule has 36 heavy (non-hydrogen) atoms. The Morgan fingerprint density at radius 1 is 0.972 bits per heavy atom. The normalized spacial score (nSPS) is 15.8. The Hall–Kier alpha value is -3.71. The molecule has 0 unspecified atom stereocenters. The van der Waals surface area contributed by atoms with E-state index in [4.69, 9.17) is 9.47 Å². The Labute approximate surface area is 211 Å². The van der Waals surface area contributed by atoms with Gasteiger partial charge < -0.3 is 19.7 Å². The predicted octanol–water partition coefficient (Wildman–Crippen LogP) is 4.14. The summed E-state index contributed by atoms with van der Waals surface area (Å²) in [5.74, 6) is -0.393. The third kappa shape index (κ3) is 7.39. The minimum atomic E-state index is -0.786. The minimum absolute atomic E-state index is 0.0195. The van der Waals surface area contributed by atoms with Crippen LogP contribution in [0.25, 0.3) is 0 Å². The summed E-state index contributed by atoms with van der Waals surface area (Å²) in [7, 11) is 0. The van der Waals surface area contributed by atoms with Crippen LogP contribution in [0, 0.1) is 5.82 Å². The predicted molar refractivity (Wildman–Crippen MR) is 135 cm³/mol. The van der Waals surface area contributed by atoms with Crippen LogP contribution in [0.1, 0.15) is 24.0 Å². The van der Waals surface area contributed by atoms with Crippen LogP contribution in [0.5, 0.6) is 5.75 Å². The van der Waals surface area contributed by atoms with Crippen LogP contribution < -0.4 is 10.1 Å². The highest BCUT2D eigenvalue weighted by molar-refractivity contribution is 5.88. The third-order valence-electron chi connectivity index (χ3n) is 6.17. The van der Waals surface area contributed by atoms with Gasteiger partial charge in [0, 0.05) is 26.1 Å². The van der Waals surface area contributed by atoms with Gasteiger partial charge >= 0.3 is 0 Å². The van der Waals surface area contributed by atoms with Gasteiger partial charge in [0.25, 0.3) is 5.91 Å². The number of nitrogens with zero attached hydrogens (tertiary/aromatic N) is 1. The second-order valence-electron chi connectivity index (χ2n) is 8.84. The molecule has 1 heterocycles. The number of benzene rings is 3. The summed E-state index contributed by atoms with van der Waals surface area (Å²) < 4.78 is 24.9. The molecule has 188 valence electrons. The monoisotopic (exact) mass is 490 g/mol. The number of hydrogen-bond donors (Lipinski definition) is 1. The Morgan fingerprint density at radius 2 is 1.67 bits per heavy atom. The molecule has 0 saturated carbocycles. The third-order valence-corrected chi connectivity index (χ3v) is 6.17. The highest BCUT2D eigenvalue weighted by atomic mass is 19.1. The van der Waals surface area contributed by atoms with Crippen molar-refractivity contribution in [3.8, 4) is 5.75 Å². The highest BCUT2D eigenvalue weighted by Gasteiger charge is 2.31. The van der Waals surface area contributed by atoms with Crippen LogP contribution in [0.15, 0.2) is 84.9 Å². The van der Waals surface area contributed by atoms with E-state index in [-0.39, 0.29) is 36.9 Å². The molecule has 0 radical (unpaired) electrons. The van der Waals surface area contributed by atoms with Crippen molar-refractivity contribution in [3.63, 3.8) is 0 Å². The summed E-state index contributed by atoms with van der Waals surface area (Å²) in [6, 6.07) is 23.8. The fourth-order valence-electron chi connectivity index (χ4n) is 4.22. The molecular formula is C29H31FN2O4. The van der Waals surface area contributed by atoms with Crippen LogP contribution >= 0.6 is 0 Å². The van der Waals surface area contributed by atoms with E-state index in [9.17, 15) is 14.0 Å². The Kier molecular flexibility index (Phi) is 9.05. The maximum absolute atomic E-state index is 13.5. The van der Waals surface area contributed by atoms with E-state index in [2.05, 4.69) is 5.32 Å². The van der Waals surface area contributed by atoms with Gasteiger partial charge in [0.2, 0.25) is 5.91 Å². The Balaban J connectivity index is 1.57. The zero-order valence-electron chi connectivity index (χ0n) is 20.1. The maximum Gasteiger partial charge on any atom is 0.261 e. The largest absolute Gasteiger partial charge is 0.484 e. The molecule has 1 fully saturated rings. The lowest BCUT2D eigenvalue weighted by molar-refractivity contribution is -0.143. The molecule has 7 heteroatoms. The number of para-hydroxylation sites is 1. The number of rotatable bonds is 11. The van der Waals surface area contributed by atoms with E-state index >= 15 is 0 Å². The molecule has 3 aromatic rings. The molecule has 1 aliphatic rings. The zero-order chi connectivity index (χ0) is 25.2. The lowest BCUT2D eigenvalue weighted by Crippen LogP contribution is -2.52. The quantitative estimate of drug-likeness (QED) is 0.439. The second kappa shape index (κ2) is 12.8. The number of hydrogen-bond acceptors (Lipinski definition) is 4. The summed E-state index contributed by atoms with van der Waals surface area (Å²) in [5, 5.41) is 2.99. The van der Waals surface area contributed by atoms with Gasteiger partial charge in [-0.2, -0.15) is 0 Å². The number of ether oxygens (including phenoxy) is 2. The van der Waals surface area contributed by atoms with Gasteiger partial charge in [-0.1, -0.05) is 60.7 Å². The van der Waals surface area contributed by atoms with E-state index in [1.165, 1.54) is 17.0 Å². The molecule has 0 spiro atoms. The van der Waals surface area contributed by atoms with Crippen molar-refractivity contribution in [1.29, 1.82) is 0 Å². The van der Waals surface area contributed by atoms with Gasteiger partial charge in [-0.05, 0) is 48.2 Å². The highest BCUT2D eigenvalue weighted by Crippen LogP contribution is 2.17. The molecule has 0 aliphatic carbocycles. The van der Waals surface area contributed by atoms with Gasteiger partial charge in [-0.15, -0.1) is 0 Å². The van der Waals surface area contributed by atoms with Crippen molar-refractivity contribution < 1.29 is 23.5 Å². The number of nitrogens with one attached hydrogen (secondary N) is 1. The van der Waals surface area contributed by atoms with Crippen LogP contribution in [0.2, 0.25) is 0 Å². The first-order chi connectivity index (χ1) is 17.6. The molecule has 3 aromatic carbocycles. The molecular weight excluding hydrogens is 459 g/mol. The van der Waals surface area contributed by atoms with Gasteiger partial charge in [0.05, 0.1) is 6.10 Å². The fraction of sp³-hybridized carbons (Fsp3) is 0.310. The summed E-state index contributed by atoms with van der Waals surface area (Å²) in [6.07, 6.45) is 2.18. The van der Waals surface area contributed by atoms with E-state index in [0.717, 1.165) is 24.0 Å². The summed E-state index contributed by atoms with van der Waals surface area (Å²) in [6.45, 7) is 1.00. The van der Waals surface area contributed by atoms with Crippen molar-refractivity contribution >= 4 is 11.8 Å². The molecule has 1 saturated heterocycles. The maximum atomic E-state index is 13.5. The Bertz CT molecular complexity index is 1100. The van der Waals surface area contributed by atoms with Gasteiger partial charge in [0.15, 0.2) is 6.61 Å². The average Bonchev–Trinajstić information content (AvgIpc) is 3.44. The molecule has 2 amide bonds. The molecule has 0 bridgehead atoms. The summed E-state index contributed by atoms with van der Waals surface area (Å²) >= 11 is 0. The van der Waals surface area contributed by atoms with Crippen molar-refractivity contribution in [1.82, 2.24) is 10.2 Å². The van der Waals surface area contributed by atoms with Crippen LogP contribution in [-0.4, -0.2) is 48.6 Å². The number of amides is 2. The van der Waals surface area contributed by atoms with Crippen LogP contribution in [0.4, 0.5) is 4.39 Å². The molecule has 1 aliphatic heterocycles. The second-order valence-corrected chi connectivity index (χ2v) is 8.84. The number of halogens is 1. The van der Waals surface area contributed by atoms with Crippen molar-refractivity contribution in [2.45, 2.75) is 38.0 Å². The molecule has 2 atom stereocenters. The van der Waals surface area contributed by atoms with Crippen molar-refractivity contribution in [3.05, 3.63) is 102 Å².